The van der Waals surface area contributed by atoms with Gasteiger partial charge in [-0.15, -0.1) is 10.2 Å². The molecule has 0 radical (unpaired) electrons. The van der Waals surface area contributed by atoms with Crippen LogP contribution >= 0.6 is 0 Å². The number of amides is 2. The van der Waals surface area contributed by atoms with Gasteiger partial charge in [0, 0.05) is 0 Å². The number of hydrogen-bond acceptors (Lipinski definition) is 5. The number of aromatic amines is 1. The van der Waals surface area contributed by atoms with Gasteiger partial charge in [-0.05, 0) is 12.3 Å². The molecule has 0 aliphatic rings. The number of urea groups is 1. The fraction of sp³-hybridized carbons (Fsp3) is 0.700. The zero-order valence-corrected chi connectivity index (χ0v) is 11.3. The van der Waals surface area contributed by atoms with E-state index in [4.69, 9.17) is 5.11 Å². The van der Waals surface area contributed by atoms with E-state index in [1.807, 2.05) is 0 Å². The van der Waals surface area contributed by atoms with E-state index in [9.17, 15) is 9.59 Å². The van der Waals surface area contributed by atoms with Crippen LogP contribution in [0.3, 0.4) is 0 Å². The van der Waals surface area contributed by atoms with Gasteiger partial charge in [-0.2, -0.15) is 5.21 Å². The number of aliphatic carboxylic acids is 1. The van der Waals surface area contributed by atoms with Gasteiger partial charge >= 0.3 is 12.0 Å². The zero-order valence-electron chi connectivity index (χ0n) is 11.3. The fourth-order valence-corrected chi connectivity index (χ4v) is 1.44. The average molecular weight is 270 g/mol. The second-order valence-electron chi connectivity index (χ2n) is 5.25. The van der Waals surface area contributed by atoms with Crippen molar-refractivity contribution in [1.82, 2.24) is 31.3 Å². The van der Waals surface area contributed by atoms with E-state index in [0.717, 1.165) is 0 Å². The van der Waals surface area contributed by atoms with Crippen molar-refractivity contribution >= 4 is 12.0 Å². The number of tetrazole rings is 1. The first kappa shape index (κ1) is 14.9. The molecule has 0 aliphatic heterocycles. The Morgan fingerprint density at radius 2 is 1.95 bits per heavy atom. The van der Waals surface area contributed by atoms with Crippen LogP contribution in [0.25, 0.3) is 0 Å². The molecule has 1 unspecified atom stereocenters. The summed E-state index contributed by atoms with van der Waals surface area (Å²) in [5, 5.41) is 27.1. The molecule has 2 atom stereocenters. The topological polar surface area (TPSA) is 133 Å². The Hall–Kier alpha value is -2.19. The summed E-state index contributed by atoms with van der Waals surface area (Å²) >= 11 is 0. The van der Waals surface area contributed by atoms with Gasteiger partial charge in [0.25, 0.3) is 0 Å². The SMILES string of the molecule is CC(NC(=O)N[C@H](C(=O)O)C(C)(C)C)c1nn[nH]n1. The number of nitrogens with one attached hydrogen (secondary N) is 3. The van der Waals surface area contributed by atoms with Crippen molar-refractivity contribution in [2.24, 2.45) is 5.41 Å². The quantitative estimate of drug-likeness (QED) is 0.611. The summed E-state index contributed by atoms with van der Waals surface area (Å²) in [6.07, 6.45) is 0. The number of carboxylic acids is 1. The lowest BCUT2D eigenvalue weighted by atomic mass is 9.87. The number of rotatable bonds is 4. The molecule has 1 aromatic heterocycles. The molecule has 9 heteroatoms. The van der Waals surface area contributed by atoms with E-state index in [2.05, 4.69) is 31.3 Å². The summed E-state index contributed by atoms with van der Waals surface area (Å²) < 4.78 is 0. The van der Waals surface area contributed by atoms with Crippen molar-refractivity contribution < 1.29 is 14.7 Å². The molecule has 0 aliphatic carbocycles. The van der Waals surface area contributed by atoms with Crippen LogP contribution < -0.4 is 10.6 Å². The number of aromatic nitrogens is 4. The van der Waals surface area contributed by atoms with Crippen LogP contribution in [0, 0.1) is 5.41 Å². The summed E-state index contributed by atoms with van der Waals surface area (Å²) in [5.74, 6) is -0.771. The first-order valence-corrected chi connectivity index (χ1v) is 5.75. The fourth-order valence-electron chi connectivity index (χ4n) is 1.44. The van der Waals surface area contributed by atoms with Crippen LogP contribution in [-0.4, -0.2) is 43.8 Å². The van der Waals surface area contributed by atoms with E-state index in [1.165, 1.54) is 0 Å². The maximum Gasteiger partial charge on any atom is 0.326 e. The monoisotopic (exact) mass is 270 g/mol. The highest BCUT2D eigenvalue weighted by Gasteiger charge is 2.32. The van der Waals surface area contributed by atoms with Crippen LogP contribution in [0.4, 0.5) is 4.79 Å². The van der Waals surface area contributed by atoms with Crippen molar-refractivity contribution in [3.8, 4) is 0 Å². The first-order valence-electron chi connectivity index (χ1n) is 5.75. The standard InChI is InChI=1S/C10H18N6O3/c1-5(7-13-15-16-14-7)11-9(19)12-6(8(17)18)10(2,3)4/h5-6H,1-4H3,(H,17,18)(H2,11,12,19)(H,13,14,15,16)/t5?,6-/m1/s1. The van der Waals surface area contributed by atoms with Gasteiger partial charge in [0.1, 0.15) is 6.04 Å². The highest BCUT2D eigenvalue weighted by atomic mass is 16.4. The Morgan fingerprint density at radius 1 is 1.32 bits per heavy atom. The molecule has 0 saturated carbocycles. The van der Waals surface area contributed by atoms with E-state index >= 15 is 0 Å². The van der Waals surface area contributed by atoms with Crippen molar-refractivity contribution in [2.45, 2.75) is 39.8 Å². The molecule has 0 saturated heterocycles. The summed E-state index contributed by atoms with van der Waals surface area (Å²) in [6.45, 7) is 6.86. The third-order valence-corrected chi connectivity index (χ3v) is 2.49. The molecule has 9 nitrogen and oxygen atoms in total. The lowest BCUT2D eigenvalue weighted by molar-refractivity contribution is -0.141. The third kappa shape index (κ3) is 4.19. The Balaban J connectivity index is 2.61. The predicted octanol–water partition coefficient (Wildman–Crippen LogP) is 0.0592. The molecule has 1 aromatic rings. The van der Waals surface area contributed by atoms with E-state index in [1.54, 1.807) is 27.7 Å². The van der Waals surface area contributed by atoms with Gasteiger partial charge < -0.3 is 15.7 Å². The maximum atomic E-state index is 11.7. The van der Waals surface area contributed by atoms with Crippen LogP contribution in [0.15, 0.2) is 0 Å². The molecular formula is C10H18N6O3. The van der Waals surface area contributed by atoms with Gasteiger partial charge in [-0.3, -0.25) is 0 Å². The molecule has 0 aromatic carbocycles. The number of hydrogen-bond donors (Lipinski definition) is 4. The molecule has 19 heavy (non-hydrogen) atoms. The number of H-pyrrole nitrogens is 1. The zero-order chi connectivity index (χ0) is 14.6. The molecule has 0 fully saturated rings. The lowest BCUT2D eigenvalue weighted by Crippen LogP contribution is -2.52. The first-order chi connectivity index (χ1) is 8.71. The van der Waals surface area contributed by atoms with Crippen molar-refractivity contribution in [1.29, 1.82) is 0 Å². The van der Waals surface area contributed by atoms with Crippen LogP contribution in [0.1, 0.15) is 39.6 Å². The van der Waals surface area contributed by atoms with Crippen molar-refractivity contribution in [3.63, 3.8) is 0 Å². The number of carboxylic acid groups (broad SMARTS) is 1. The average Bonchev–Trinajstić information content (AvgIpc) is 2.77. The molecule has 1 rings (SSSR count). The number of carbonyl (C=O) groups is 2. The normalized spacial score (nSPS) is 14.5. The molecule has 0 bridgehead atoms. The predicted molar refractivity (Wildman–Crippen MR) is 65.1 cm³/mol. The highest BCUT2D eigenvalue weighted by Crippen LogP contribution is 2.19. The van der Waals surface area contributed by atoms with Crippen LogP contribution in [0.5, 0.6) is 0 Å². The van der Waals surface area contributed by atoms with Crippen molar-refractivity contribution in [2.75, 3.05) is 0 Å². The molecule has 4 N–H and O–H groups in total. The van der Waals surface area contributed by atoms with Crippen LogP contribution in [-0.2, 0) is 4.79 Å². The summed E-state index contributed by atoms with van der Waals surface area (Å²) in [6, 6.07) is -2.07. The Bertz CT molecular complexity index is 439. The largest absolute Gasteiger partial charge is 0.480 e. The lowest BCUT2D eigenvalue weighted by Gasteiger charge is -2.28. The second kappa shape index (κ2) is 5.63. The van der Waals surface area contributed by atoms with Gasteiger partial charge in [-0.1, -0.05) is 26.0 Å². The Labute approximate surface area is 110 Å². The van der Waals surface area contributed by atoms with Gasteiger partial charge in [0.15, 0.2) is 5.82 Å². The molecular weight excluding hydrogens is 252 g/mol. The van der Waals surface area contributed by atoms with Gasteiger partial charge in [0.05, 0.1) is 6.04 Å². The van der Waals surface area contributed by atoms with Gasteiger partial charge in [-0.25, -0.2) is 9.59 Å². The second-order valence-corrected chi connectivity index (χ2v) is 5.25. The summed E-state index contributed by atoms with van der Waals surface area (Å²) in [4.78, 5) is 22.9. The minimum atomic E-state index is -1.09. The smallest absolute Gasteiger partial charge is 0.326 e. The van der Waals surface area contributed by atoms with E-state index in [-0.39, 0.29) is 0 Å². The minimum Gasteiger partial charge on any atom is -0.480 e. The number of carbonyl (C=O) groups excluding carboxylic acids is 1. The minimum absolute atomic E-state index is 0.317. The highest BCUT2D eigenvalue weighted by molar-refractivity contribution is 5.83. The Morgan fingerprint density at radius 3 is 2.37 bits per heavy atom. The molecule has 106 valence electrons. The van der Waals surface area contributed by atoms with E-state index < -0.39 is 29.5 Å². The number of nitrogens with zero attached hydrogens (tertiary/aromatic N) is 3. The van der Waals surface area contributed by atoms with Crippen molar-refractivity contribution in [3.05, 3.63) is 5.82 Å². The molecule has 2 amide bonds. The van der Waals surface area contributed by atoms with Crippen LogP contribution in [0.2, 0.25) is 0 Å². The Kier molecular flexibility index (Phi) is 4.41. The summed E-state index contributed by atoms with van der Waals surface area (Å²) in [7, 11) is 0. The molecule has 0 spiro atoms. The van der Waals surface area contributed by atoms with E-state index in [0.29, 0.717) is 5.82 Å². The summed E-state index contributed by atoms with van der Waals surface area (Å²) in [5.41, 5.74) is -0.599. The third-order valence-electron chi connectivity index (χ3n) is 2.49. The maximum absolute atomic E-state index is 11.7. The molecule has 1 heterocycles. The van der Waals surface area contributed by atoms with Gasteiger partial charge in [0.2, 0.25) is 0 Å².